The Morgan fingerprint density at radius 1 is 1.07 bits per heavy atom. The number of nitrogens with one attached hydrogen (secondary N) is 2. The van der Waals surface area contributed by atoms with Crippen molar-refractivity contribution in [3.8, 4) is 11.5 Å². The van der Waals surface area contributed by atoms with Crippen molar-refractivity contribution in [2.45, 2.75) is 33.2 Å². The minimum Gasteiger partial charge on any atom is -0.493 e. The summed E-state index contributed by atoms with van der Waals surface area (Å²) in [6, 6.07) is 13.3. The van der Waals surface area contributed by atoms with Crippen molar-refractivity contribution < 1.29 is 14.3 Å². The molecule has 0 aliphatic heterocycles. The van der Waals surface area contributed by atoms with Crippen LogP contribution in [0.5, 0.6) is 11.5 Å². The number of ether oxygens (including phenoxy) is 2. The van der Waals surface area contributed by atoms with Gasteiger partial charge in [0.05, 0.1) is 20.3 Å². The number of hydrogen-bond donors (Lipinski definition) is 3. The van der Waals surface area contributed by atoms with Gasteiger partial charge in [0, 0.05) is 18.7 Å². The fourth-order valence-corrected chi connectivity index (χ4v) is 2.98. The second-order valence-corrected chi connectivity index (χ2v) is 6.71. The van der Waals surface area contributed by atoms with Gasteiger partial charge in [-0.25, -0.2) is 4.99 Å². The topological polar surface area (TPSA) is 98.0 Å². The molecule has 0 saturated carbocycles. The van der Waals surface area contributed by atoms with E-state index in [4.69, 9.17) is 15.2 Å². The van der Waals surface area contributed by atoms with Crippen molar-refractivity contribution in [3.63, 3.8) is 0 Å². The molecule has 0 unspecified atom stereocenters. The quantitative estimate of drug-likeness (QED) is 0.299. The van der Waals surface area contributed by atoms with Gasteiger partial charge in [0.25, 0.3) is 0 Å². The predicted octanol–water partition coefficient (Wildman–Crippen LogP) is 2.88. The normalized spacial score (nSPS) is 11.1. The Balaban J connectivity index is 1.89. The summed E-state index contributed by atoms with van der Waals surface area (Å²) < 4.78 is 11.0. The van der Waals surface area contributed by atoms with Crippen LogP contribution in [0.15, 0.2) is 47.5 Å². The van der Waals surface area contributed by atoms with E-state index in [9.17, 15) is 4.79 Å². The van der Waals surface area contributed by atoms with E-state index in [0.29, 0.717) is 18.7 Å². The summed E-state index contributed by atoms with van der Waals surface area (Å²) in [6.07, 6.45) is 1.86. The van der Waals surface area contributed by atoms with Gasteiger partial charge in [-0.05, 0) is 62.1 Å². The Bertz CT molecular complexity index is 852. The van der Waals surface area contributed by atoms with Crippen LogP contribution in [0.2, 0.25) is 0 Å². The Hall–Kier alpha value is -3.22. The summed E-state index contributed by atoms with van der Waals surface area (Å²) in [7, 11) is 1.65. The molecule has 2 aromatic carbocycles. The molecule has 4 N–H and O–H groups in total. The monoisotopic (exact) mass is 412 g/mol. The van der Waals surface area contributed by atoms with Gasteiger partial charge in [-0.15, -0.1) is 0 Å². The highest BCUT2D eigenvalue weighted by Crippen LogP contribution is 2.28. The molecule has 7 heteroatoms. The molecular weight excluding hydrogens is 380 g/mol. The first-order valence-electron chi connectivity index (χ1n) is 10.3. The Morgan fingerprint density at radius 2 is 1.90 bits per heavy atom. The van der Waals surface area contributed by atoms with E-state index in [2.05, 4.69) is 21.7 Å². The number of guanidine groups is 1. The van der Waals surface area contributed by atoms with E-state index >= 15 is 0 Å². The SMILES string of the molecule is CCNC(=NCc1cccc(C(N)=O)c1)NCCCc1ccc(OC)c(OCC)c1. The molecule has 30 heavy (non-hydrogen) atoms. The van der Waals surface area contributed by atoms with Gasteiger partial charge in [0.1, 0.15) is 0 Å². The number of hydrogen-bond acceptors (Lipinski definition) is 4. The third-order valence-corrected chi connectivity index (χ3v) is 4.44. The molecule has 162 valence electrons. The molecule has 0 radical (unpaired) electrons. The fourth-order valence-electron chi connectivity index (χ4n) is 2.98. The molecular formula is C23H32N4O3. The fraction of sp³-hybridized carbons (Fsp3) is 0.391. The number of aryl methyl sites for hydroxylation is 1. The van der Waals surface area contributed by atoms with Gasteiger partial charge >= 0.3 is 0 Å². The molecule has 1 amide bonds. The first kappa shape index (κ1) is 23.1. The average Bonchev–Trinajstić information content (AvgIpc) is 2.75. The van der Waals surface area contributed by atoms with E-state index in [1.807, 2.05) is 38.1 Å². The number of primary amides is 1. The largest absolute Gasteiger partial charge is 0.493 e. The highest BCUT2D eigenvalue weighted by Gasteiger charge is 2.06. The highest BCUT2D eigenvalue weighted by atomic mass is 16.5. The maximum atomic E-state index is 11.3. The number of amides is 1. The van der Waals surface area contributed by atoms with Crippen molar-refractivity contribution in [1.29, 1.82) is 0 Å². The number of methoxy groups -OCH3 is 1. The van der Waals surface area contributed by atoms with Crippen molar-refractivity contribution in [3.05, 3.63) is 59.2 Å². The van der Waals surface area contributed by atoms with Crippen LogP contribution >= 0.6 is 0 Å². The minimum atomic E-state index is -0.433. The highest BCUT2D eigenvalue weighted by molar-refractivity contribution is 5.92. The maximum absolute atomic E-state index is 11.3. The summed E-state index contributed by atoms with van der Waals surface area (Å²) in [5.41, 5.74) is 7.97. The first-order valence-corrected chi connectivity index (χ1v) is 10.3. The molecule has 0 bridgehead atoms. The van der Waals surface area contributed by atoms with Crippen LogP contribution in [0.4, 0.5) is 0 Å². The van der Waals surface area contributed by atoms with Gasteiger partial charge < -0.3 is 25.8 Å². The lowest BCUT2D eigenvalue weighted by molar-refractivity contribution is 0.1000. The minimum absolute atomic E-state index is 0.433. The molecule has 0 aromatic heterocycles. The summed E-state index contributed by atoms with van der Waals surface area (Å²) in [5.74, 6) is 1.84. The Morgan fingerprint density at radius 3 is 2.60 bits per heavy atom. The smallest absolute Gasteiger partial charge is 0.248 e. The summed E-state index contributed by atoms with van der Waals surface area (Å²) in [6.45, 7) is 6.60. The van der Waals surface area contributed by atoms with Crippen molar-refractivity contribution >= 4 is 11.9 Å². The molecule has 2 rings (SSSR count). The van der Waals surface area contributed by atoms with Crippen molar-refractivity contribution in [2.24, 2.45) is 10.7 Å². The van der Waals surface area contributed by atoms with Crippen LogP contribution in [0, 0.1) is 0 Å². The zero-order valence-electron chi connectivity index (χ0n) is 18.0. The van der Waals surface area contributed by atoms with E-state index in [-0.39, 0.29) is 0 Å². The second kappa shape index (κ2) is 12.4. The zero-order valence-corrected chi connectivity index (χ0v) is 18.0. The molecule has 0 aliphatic rings. The van der Waals surface area contributed by atoms with Crippen LogP contribution in [0.3, 0.4) is 0 Å². The average molecular weight is 413 g/mol. The second-order valence-electron chi connectivity index (χ2n) is 6.71. The molecule has 0 aliphatic carbocycles. The molecule has 7 nitrogen and oxygen atoms in total. The predicted molar refractivity (Wildman–Crippen MR) is 120 cm³/mol. The van der Waals surface area contributed by atoms with E-state index in [1.54, 1.807) is 19.2 Å². The van der Waals surface area contributed by atoms with Gasteiger partial charge in [-0.1, -0.05) is 18.2 Å². The molecule has 0 heterocycles. The number of carbonyl (C=O) groups is 1. The maximum Gasteiger partial charge on any atom is 0.248 e. The van der Waals surface area contributed by atoms with E-state index in [1.165, 1.54) is 5.56 Å². The van der Waals surface area contributed by atoms with E-state index in [0.717, 1.165) is 49.0 Å². The number of nitrogens with zero attached hydrogens (tertiary/aromatic N) is 1. The number of aliphatic imine (C=N–C) groups is 1. The van der Waals surface area contributed by atoms with Crippen LogP contribution < -0.4 is 25.8 Å². The molecule has 0 atom stereocenters. The third-order valence-electron chi connectivity index (χ3n) is 4.44. The lowest BCUT2D eigenvalue weighted by Crippen LogP contribution is -2.37. The molecule has 0 spiro atoms. The third kappa shape index (κ3) is 7.31. The summed E-state index contributed by atoms with van der Waals surface area (Å²) in [4.78, 5) is 15.9. The number of benzene rings is 2. The van der Waals surface area contributed by atoms with Crippen molar-refractivity contribution in [2.75, 3.05) is 26.8 Å². The van der Waals surface area contributed by atoms with Gasteiger partial charge in [0.15, 0.2) is 17.5 Å². The van der Waals surface area contributed by atoms with Gasteiger partial charge in [-0.3, -0.25) is 4.79 Å². The molecule has 0 saturated heterocycles. The van der Waals surface area contributed by atoms with E-state index < -0.39 is 5.91 Å². The van der Waals surface area contributed by atoms with Crippen LogP contribution in [-0.4, -0.2) is 38.7 Å². The number of rotatable bonds is 11. The first-order chi connectivity index (χ1) is 14.6. The van der Waals surface area contributed by atoms with Gasteiger partial charge in [0.2, 0.25) is 5.91 Å². The summed E-state index contributed by atoms with van der Waals surface area (Å²) in [5, 5.41) is 6.59. The van der Waals surface area contributed by atoms with Gasteiger partial charge in [-0.2, -0.15) is 0 Å². The van der Waals surface area contributed by atoms with Crippen LogP contribution in [-0.2, 0) is 13.0 Å². The number of nitrogens with two attached hydrogens (primary N) is 1. The molecule has 2 aromatic rings. The lowest BCUT2D eigenvalue weighted by atomic mass is 10.1. The zero-order chi connectivity index (χ0) is 21.8. The lowest BCUT2D eigenvalue weighted by Gasteiger charge is -2.13. The standard InChI is InChI=1S/C23H32N4O3/c1-4-25-23(27-16-18-8-6-10-19(14-18)22(24)28)26-13-7-9-17-11-12-20(29-3)21(15-17)30-5-2/h6,8,10-12,14-15H,4-5,7,9,13,16H2,1-3H3,(H2,24,28)(H2,25,26,27). The Kier molecular flexibility index (Phi) is 9.51. The number of carbonyl (C=O) groups excluding carboxylic acids is 1. The Labute approximate surface area is 178 Å². The molecule has 0 fully saturated rings. The van der Waals surface area contributed by atoms with Crippen LogP contribution in [0.1, 0.15) is 41.8 Å². The van der Waals surface area contributed by atoms with Crippen LogP contribution in [0.25, 0.3) is 0 Å². The van der Waals surface area contributed by atoms with Crippen molar-refractivity contribution in [1.82, 2.24) is 10.6 Å². The summed E-state index contributed by atoms with van der Waals surface area (Å²) >= 11 is 0.